The van der Waals surface area contributed by atoms with Crippen LogP contribution in [0.3, 0.4) is 0 Å². The fourth-order valence-electron chi connectivity index (χ4n) is 0.536. The van der Waals surface area contributed by atoms with E-state index in [9.17, 15) is 4.39 Å². The van der Waals surface area contributed by atoms with Crippen LogP contribution in [0, 0.1) is 11.9 Å². The molecule has 0 aliphatic rings. The Morgan fingerprint density at radius 2 is 2.18 bits per heavy atom. The molecule has 0 aromatic heterocycles. The Balaban J connectivity index is 0. The number of halogens is 2. The molecule has 0 N–H and O–H groups in total. The summed E-state index contributed by atoms with van der Waals surface area (Å²) in [5, 5.41) is 0. The summed E-state index contributed by atoms with van der Waals surface area (Å²) in [5.41, 5.74) is 0. The van der Waals surface area contributed by atoms with Gasteiger partial charge in [0.2, 0.25) is 0 Å². The van der Waals surface area contributed by atoms with E-state index < -0.39 is 0 Å². The van der Waals surface area contributed by atoms with Gasteiger partial charge in [-0.25, -0.2) is 4.39 Å². The number of rotatable bonds is 1. The number of hydrogen-bond acceptors (Lipinski definition) is 1. The first-order valence-corrected chi connectivity index (χ1v) is 2.54. The van der Waals surface area contributed by atoms with Crippen molar-refractivity contribution in [3.8, 4) is 5.75 Å². The van der Waals surface area contributed by atoms with Crippen molar-refractivity contribution >= 4 is 23.1 Å². The van der Waals surface area contributed by atoms with E-state index in [1.165, 1.54) is 25.3 Å². The van der Waals surface area contributed by atoms with Crippen molar-refractivity contribution in [2.45, 2.75) is 0 Å². The second kappa shape index (κ2) is 6.88. The standard InChI is InChI=1S/C7H6FO.BrH.Mg/c1-9-7-4-2-3-6(8)5-7;;/h2-3,5H,1H3;1H;/q-1;;+2/p-1. The van der Waals surface area contributed by atoms with Crippen LogP contribution in [0.5, 0.6) is 5.75 Å². The zero-order chi connectivity index (χ0) is 6.69. The molecule has 0 amide bonds. The maximum atomic E-state index is 12.3. The Morgan fingerprint density at radius 1 is 1.55 bits per heavy atom. The minimum absolute atomic E-state index is 0. The topological polar surface area (TPSA) is 9.23 Å². The van der Waals surface area contributed by atoms with Gasteiger partial charge in [-0.05, 0) is 0 Å². The summed E-state index contributed by atoms with van der Waals surface area (Å²) in [4.78, 5) is 0. The van der Waals surface area contributed by atoms with E-state index in [-0.39, 0.29) is 45.9 Å². The largest absolute Gasteiger partial charge is 2.00 e. The van der Waals surface area contributed by atoms with Crippen molar-refractivity contribution in [1.82, 2.24) is 0 Å². The first kappa shape index (κ1) is 13.8. The molecule has 0 unspecified atom stereocenters. The molecule has 0 atom stereocenters. The van der Waals surface area contributed by atoms with E-state index in [4.69, 9.17) is 4.74 Å². The Morgan fingerprint density at radius 3 is 2.55 bits per heavy atom. The molecule has 0 aliphatic heterocycles. The smallest absolute Gasteiger partial charge is 1.00 e. The van der Waals surface area contributed by atoms with Crippen molar-refractivity contribution in [3.63, 3.8) is 0 Å². The summed E-state index contributed by atoms with van der Waals surface area (Å²) >= 11 is 0. The van der Waals surface area contributed by atoms with Gasteiger partial charge in [0.05, 0.1) is 7.11 Å². The fourth-order valence-corrected chi connectivity index (χ4v) is 0.536. The van der Waals surface area contributed by atoms with Crippen LogP contribution in [0.4, 0.5) is 4.39 Å². The third kappa shape index (κ3) is 4.60. The molecule has 0 saturated carbocycles. The van der Waals surface area contributed by atoms with Crippen LogP contribution in [0.2, 0.25) is 0 Å². The van der Waals surface area contributed by atoms with E-state index in [0.717, 1.165) is 0 Å². The van der Waals surface area contributed by atoms with E-state index in [1.54, 1.807) is 0 Å². The third-order valence-corrected chi connectivity index (χ3v) is 0.957. The van der Waals surface area contributed by atoms with Gasteiger partial charge in [-0.2, -0.15) is 6.07 Å². The average molecular weight is 229 g/mol. The normalized spacial score (nSPS) is 7.45. The summed E-state index contributed by atoms with van der Waals surface area (Å²) in [6.45, 7) is 0. The van der Waals surface area contributed by atoms with Gasteiger partial charge in [0, 0.05) is 11.6 Å². The first-order valence-electron chi connectivity index (χ1n) is 2.54. The number of benzene rings is 1. The van der Waals surface area contributed by atoms with Crippen molar-refractivity contribution in [3.05, 3.63) is 30.1 Å². The van der Waals surface area contributed by atoms with Gasteiger partial charge in [0.1, 0.15) is 0 Å². The molecule has 0 aliphatic carbocycles. The number of hydrogen-bond donors (Lipinski definition) is 0. The SMILES string of the molecule is COc1[c-]ccc(F)c1.[Br-].[Mg+2]. The predicted octanol–water partition coefficient (Wildman–Crippen LogP) is -1.74. The van der Waals surface area contributed by atoms with Crippen LogP contribution in [0.1, 0.15) is 0 Å². The fraction of sp³-hybridized carbons (Fsp3) is 0.143. The molecule has 1 nitrogen and oxygen atoms in total. The zero-order valence-electron chi connectivity index (χ0n) is 6.10. The molecular formula is C7H6BrFMgO. The molecular weight excluding hydrogens is 223 g/mol. The van der Waals surface area contributed by atoms with E-state index >= 15 is 0 Å². The van der Waals surface area contributed by atoms with Crippen molar-refractivity contribution in [2.75, 3.05) is 7.11 Å². The van der Waals surface area contributed by atoms with Crippen LogP contribution in [-0.4, -0.2) is 30.2 Å². The number of ether oxygens (including phenoxy) is 1. The quantitative estimate of drug-likeness (QED) is 0.410. The van der Waals surface area contributed by atoms with Gasteiger partial charge in [-0.15, -0.1) is 12.1 Å². The van der Waals surface area contributed by atoms with Gasteiger partial charge in [0.25, 0.3) is 0 Å². The molecule has 0 bridgehead atoms. The second-order valence-corrected chi connectivity index (χ2v) is 1.58. The van der Waals surface area contributed by atoms with Crippen molar-refractivity contribution in [1.29, 1.82) is 0 Å². The average Bonchev–Trinajstić information content (AvgIpc) is 1.88. The Labute approximate surface area is 91.9 Å². The van der Waals surface area contributed by atoms with Crippen LogP contribution >= 0.6 is 0 Å². The van der Waals surface area contributed by atoms with Gasteiger partial charge >= 0.3 is 23.1 Å². The Hall–Kier alpha value is 0.196. The van der Waals surface area contributed by atoms with Gasteiger partial charge in [0.15, 0.2) is 0 Å². The summed E-state index contributed by atoms with van der Waals surface area (Å²) < 4.78 is 17.0. The Bertz CT molecular complexity index is 207. The molecule has 0 radical (unpaired) electrons. The molecule has 56 valence electrons. The molecule has 0 spiro atoms. The van der Waals surface area contributed by atoms with E-state index in [1.807, 2.05) is 0 Å². The molecule has 0 heterocycles. The molecule has 1 rings (SSSR count). The van der Waals surface area contributed by atoms with Crippen LogP contribution in [0.25, 0.3) is 0 Å². The summed E-state index contributed by atoms with van der Waals surface area (Å²) in [6, 6.07) is 6.78. The van der Waals surface area contributed by atoms with E-state index in [2.05, 4.69) is 6.07 Å². The van der Waals surface area contributed by atoms with Gasteiger partial charge in [-0.1, -0.05) is 6.07 Å². The molecule has 11 heavy (non-hydrogen) atoms. The second-order valence-electron chi connectivity index (χ2n) is 1.58. The maximum absolute atomic E-state index is 12.3. The van der Waals surface area contributed by atoms with Crippen LogP contribution in [-0.2, 0) is 0 Å². The minimum atomic E-state index is -0.300. The van der Waals surface area contributed by atoms with Crippen LogP contribution < -0.4 is 21.7 Å². The Kier molecular flexibility index (Phi) is 8.61. The third-order valence-electron chi connectivity index (χ3n) is 0.957. The molecule has 1 aromatic rings. The molecule has 1 aromatic carbocycles. The maximum Gasteiger partial charge on any atom is 2.00 e. The van der Waals surface area contributed by atoms with Crippen molar-refractivity contribution in [2.24, 2.45) is 0 Å². The van der Waals surface area contributed by atoms with Gasteiger partial charge < -0.3 is 21.7 Å². The van der Waals surface area contributed by atoms with Gasteiger partial charge in [-0.3, -0.25) is 0 Å². The number of methoxy groups -OCH3 is 1. The summed E-state index contributed by atoms with van der Waals surface area (Å²) in [5.74, 6) is 0.126. The molecule has 4 heteroatoms. The monoisotopic (exact) mass is 228 g/mol. The summed E-state index contributed by atoms with van der Waals surface area (Å²) in [7, 11) is 1.48. The molecule has 0 fully saturated rings. The van der Waals surface area contributed by atoms with Crippen molar-refractivity contribution < 1.29 is 26.1 Å². The first-order chi connectivity index (χ1) is 4.33. The zero-order valence-corrected chi connectivity index (χ0v) is 9.10. The predicted molar refractivity (Wildman–Crippen MR) is 37.5 cm³/mol. The van der Waals surface area contributed by atoms with E-state index in [0.29, 0.717) is 5.75 Å². The molecule has 0 saturated heterocycles. The van der Waals surface area contributed by atoms with Crippen LogP contribution in [0.15, 0.2) is 18.2 Å². The minimum Gasteiger partial charge on any atom is -1.00 e. The summed E-state index contributed by atoms with van der Waals surface area (Å²) in [6.07, 6.45) is 0.